The van der Waals surface area contributed by atoms with Gasteiger partial charge in [0.1, 0.15) is 11.1 Å². The average Bonchev–Trinajstić information content (AvgIpc) is 2.95. The number of thiazole rings is 1. The molecule has 0 saturated carbocycles. The van der Waals surface area contributed by atoms with Crippen molar-refractivity contribution in [1.82, 2.24) is 9.88 Å². The summed E-state index contributed by atoms with van der Waals surface area (Å²) in [5.41, 5.74) is 1.64. The number of benzene rings is 1. The van der Waals surface area contributed by atoms with E-state index in [2.05, 4.69) is 26.2 Å². The summed E-state index contributed by atoms with van der Waals surface area (Å²) in [4.78, 5) is 29.6. The number of amides is 2. The maximum atomic E-state index is 12.1. The standard InChI is InChI=1S/C13H10BrN3O2S/c14-10-7-20-13(15-10)16-11(18)6-17-5-8-3-1-2-4-9(8)12(17)19/h1-4,7H,5-6H2,(H,15,16,18). The number of carbonyl (C=O) groups is 2. The minimum atomic E-state index is -0.243. The predicted octanol–water partition coefficient (Wildman–Crippen LogP) is 2.50. The second-order valence-electron chi connectivity index (χ2n) is 4.34. The van der Waals surface area contributed by atoms with Gasteiger partial charge in [0.15, 0.2) is 5.13 Å². The smallest absolute Gasteiger partial charge is 0.254 e. The highest BCUT2D eigenvalue weighted by molar-refractivity contribution is 9.10. The molecule has 1 aromatic heterocycles. The van der Waals surface area contributed by atoms with Gasteiger partial charge in [0, 0.05) is 17.5 Å². The summed E-state index contributed by atoms with van der Waals surface area (Å²) in [6.45, 7) is 0.509. The Kier molecular flexibility index (Phi) is 3.54. The van der Waals surface area contributed by atoms with Crippen molar-refractivity contribution in [3.63, 3.8) is 0 Å². The first-order chi connectivity index (χ1) is 9.63. The number of nitrogens with zero attached hydrogens (tertiary/aromatic N) is 2. The van der Waals surface area contributed by atoms with Crippen LogP contribution in [0.25, 0.3) is 0 Å². The zero-order valence-electron chi connectivity index (χ0n) is 10.3. The lowest BCUT2D eigenvalue weighted by Gasteiger charge is -2.14. The van der Waals surface area contributed by atoms with E-state index in [1.807, 2.05) is 18.2 Å². The van der Waals surface area contributed by atoms with E-state index in [1.165, 1.54) is 16.2 Å². The van der Waals surface area contributed by atoms with Crippen molar-refractivity contribution in [3.8, 4) is 0 Å². The van der Waals surface area contributed by atoms with Gasteiger partial charge in [-0.2, -0.15) is 0 Å². The van der Waals surface area contributed by atoms with Crippen LogP contribution in [-0.2, 0) is 11.3 Å². The molecule has 7 heteroatoms. The number of rotatable bonds is 3. The fraction of sp³-hybridized carbons (Fsp3) is 0.154. The Hall–Kier alpha value is -1.73. The lowest BCUT2D eigenvalue weighted by atomic mass is 10.1. The Morgan fingerprint density at radius 3 is 2.95 bits per heavy atom. The molecule has 0 unspecified atom stereocenters. The SMILES string of the molecule is O=C(CN1Cc2ccccc2C1=O)Nc1nc(Br)cs1. The fourth-order valence-corrected chi connectivity index (χ4v) is 3.25. The molecule has 102 valence electrons. The van der Waals surface area contributed by atoms with Crippen LogP contribution in [0.3, 0.4) is 0 Å². The van der Waals surface area contributed by atoms with Crippen molar-refractivity contribution < 1.29 is 9.59 Å². The van der Waals surface area contributed by atoms with E-state index in [0.29, 0.717) is 21.8 Å². The summed E-state index contributed by atoms with van der Waals surface area (Å²) in [5.74, 6) is -0.343. The highest BCUT2D eigenvalue weighted by Gasteiger charge is 2.28. The lowest BCUT2D eigenvalue weighted by Crippen LogP contribution is -2.33. The van der Waals surface area contributed by atoms with E-state index in [9.17, 15) is 9.59 Å². The van der Waals surface area contributed by atoms with Crippen molar-refractivity contribution in [2.45, 2.75) is 6.54 Å². The Morgan fingerprint density at radius 1 is 1.45 bits per heavy atom. The van der Waals surface area contributed by atoms with Crippen molar-refractivity contribution in [2.75, 3.05) is 11.9 Å². The summed E-state index contributed by atoms with van der Waals surface area (Å²) in [6.07, 6.45) is 0. The van der Waals surface area contributed by atoms with Crippen LogP contribution >= 0.6 is 27.3 Å². The van der Waals surface area contributed by atoms with E-state index in [1.54, 1.807) is 11.4 Å². The first-order valence-electron chi connectivity index (χ1n) is 5.91. The molecular weight excluding hydrogens is 342 g/mol. The quantitative estimate of drug-likeness (QED) is 0.923. The highest BCUT2D eigenvalue weighted by Crippen LogP contribution is 2.23. The zero-order chi connectivity index (χ0) is 14.1. The summed E-state index contributed by atoms with van der Waals surface area (Å²) < 4.78 is 0.683. The molecule has 1 aromatic carbocycles. The second kappa shape index (κ2) is 5.34. The molecule has 3 rings (SSSR count). The van der Waals surface area contributed by atoms with Gasteiger partial charge < -0.3 is 10.2 Å². The number of fused-ring (bicyclic) bond motifs is 1. The monoisotopic (exact) mass is 351 g/mol. The van der Waals surface area contributed by atoms with Gasteiger partial charge in [0.25, 0.3) is 5.91 Å². The molecule has 1 aliphatic heterocycles. The van der Waals surface area contributed by atoms with Gasteiger partial charge in [0.2, 0.25) is 5.91 Å². The molecule has 2 amide bonds. The van der Waals surface area contributed by atoms with Crippen LogP contribution in [0.2, 0.25) is 0 Å². The van der Waals surface area contributed by atoms with Gasteiger partial charge in [-0.1, -0.05) is 18.2 Å². The number of halogens is 1. The predicted molar refractivity (Wildman–Crippen MR) is 79.6 cm³/mol. The molecule has 1 N–H and O–H groups in total. The first-order valence-corrected chi connectivity index (χ1v) is 7.59. The van der Waals surface area contributed by atoms with Gasteiger partial charge in [-0.3, -0.25) is 9.59 Å². The Labute approximate surface area is 127 Å². The second-order valence-corrected chi connectivity index (χ2v) is 6.01. The van der Waals surface area contributed by atoms with Gasteiger partial charge in [-0.25, -0.2) is 4.98 Å². The van der Waals surface area contributed by atoms with Crippen molar-refractivity contribution in [3.05, 3.63) is 45.4 Å². The van der Waals surface area contributed by atoms with Crippen molar-refractivity contribution in [2.24, 2.45) is 0 Å². The number of carbonyl (C=O) groups excluding carboxylic acids is 2. The third kappa shape index (κ3) is 2.59. The van der Waals surface area contributed by atoms with E-state index < -0.39 is 0 Å². The van der Waals surface area contributed by atoms with Crippen LogP contribution in [0.15, 0.2) is 34.2 Å². The molecule has 20 heavy (non-hydrogen) atoms. The van der Waals surface area contributed by atoms with Gasteiger partial charge in [-0.05, 0) is 27.6 Å². The zero-order valence-corrected chi connectivity index (χ0v) is 12.7. The van der Waals surface area contributed by atoms with Gasteiger partial charge in [-0.15, -0.1) is 11.3 Å². The third-order valence-electron chi connectivity index (χ3n) is 2.95. The van der Waals surface area contributed by atoms with Gasteiger partial charge in [0.05, 0.1) is 0 Å². The summed E-state index contributed by atoms with van der Waals surface area (Å²) in [7, 11) is 0. The van der Waals surface area contributed by atoms with Crippen molar-refractivity contribution >= 4 is 44.2 Å². The summed E-state index contributed by atoms with van der Waals surface area (Å²) in [5, 5.41) is 4.99. The largest absolute Gasteiger partial charge is 0.325 e. The van der Waals surface area contributed by atoms with E-state index in [-0.39, 0.29) is 18.4 Å². The molecule has 0 saturated heterocycles. The normalized spacial score (nSPS) is 13.4. The molecule has 1 aliphatic rings. The minimum absolute atomic E-state index is 0.0325. The highest BCUT2D eigenvalue weighted by atomic mass is 79.9. The number of aromatic nitrogens is 1. The van der Waals surface area contributed by atoms with Gasteiger partial charge >= 0.3 is 0 Å². The molecule has 0 radical (unpaired) electrons. The average molecular weight is 352 g/mol. The van der Waals surface area contributed by atoms with Crippen LogP contribution in [-0.4, -0.2) is 28.2 Å². The Bertz CT molecular complexity index is 686. The molecular formula is C13H10BrN3O2S. The van der Waals surface area contributed by atoms with Crippen molar-refractivity contribution in [1.29, 1.82) is 0 Å². The van der Waals surface area contributed by atoms with Crippen LogP contribution in [0, 0.1) is 0 Å². The molecule has 0 aliphatic carbocycles. The first kappa shape index (κ1) is 13.3. The molecule has 5 nitrogen and oxygen atoms in total. The van der Waals surface area contributed by atoms with E-state index in [4.69, 9.17) is 0 Å². The summed E-state index contributed by atoms with van der Waals surface area (Å²) >= 11 is 4.55. The van der Waals surface area contributed by atoms with Crippen LogP contribution in [0.1, 0.15) is 15.9 Å². The topological polar surface area (TPSA) is 62.3 Å². The molecule has 0 fully saturated rings. The maximum Gasteiger partial charge on any atom is 0.254 e. The number of nitrogens with one attached hydrogen (secondary N) is 1. The molecule has 0 atom stereocenters. The number of hydrogen-bond acceptors (Lipinski definition) is 4. The Morgan fingerprint density at radius 2 is 2.25 bits per heavy atom. The minimum Gasteiger partial charge on any atom is -0.325 e. The number of hydrogen-bond donors (Lipinski definition) is 1. The molecule has 2 aromatic rings. The lowest BCUT2D eigenvalue weighted by molar-refractivity contribution is -0.116. The fourth-order valence-electron chi connectivity index (χ4n) is 2.09. The molecule has 2 heterocycles. The van der Waals surface area contributed by atoms with Crippen LogP contribution in [0.5, 0.6) is 0 Å². The third-order valence-corrected chi connectivity index (χ3v) is 4.42. The number of anilines is 1. The van der Waals surface area contributed by atoms with E-state index in [0.717, 1.165) is 5.56 Å². The van der Waals surface area contributed by atoms with Crippen LogP contribution in [0.4, 0.5) is 5.13 Å². The van der Waals surface area contributed by atoms with E-state index >= 15 is 0 Å². The maximum absolute atomic E-state index is 12.1. The summed E-state index contributed by atoms with van der Waals surface area (Å²) in [6, 6.07) is 7.41. The Balaban J connectivity index is 1.65. The molecule has 0 spiro atoms. The van der Waals surface area contributed by atoms with Crippen LogP contribution < -0.4 is 5.32 Å². The molecule has 0 bridgehead atoms.